The molecule has 0 heterocycles. The van der Waals surface area contributed by atoms with E-state index in [0.717, 1.165) is 12.8 Å². The molecule has 4 nitrogen and oxygen atoms in total. The van der Waals surface area contributed by atoms with Gasteiger partial charge in [0.05, 0.1) is 6.61 Å². The zero-order valence-corrected chi connectivity index (χ0v) is 9.12. The van der Waals surface area contributed by atoms with Gasteiger partial charge in [-0.15, -0.1) is 0 Å². The maximum absolute atomic E-state index is 11.2. The largest absolute Gasteiger partial charge is 0.480 e. The van der Waals surface area contributed by atoms with E-state index in [9.17, 15) is 9.90 Å². The second kappa shape index (κ2) is 4.28. The van der Waals surface area contributed by atoms with Gasteiger partial charge in [0.15, 0.2) is 0 Å². The molecule has 0 spiro atoms. The fourth-order valence-corrected chi connectivity index (χ4v) is 1.76. The number of hydrogen-bond acceptors (Lipinski definition) is 3. The fraction of sp³-hybridized carbons (Fsp3) is 0.900. The van der Waals surface area contributed by atoms with E-state index in [4.69, 9.17) is 4.74 Å². The Balaban J connectivity index is 2.61. The Bertz CT molecular complexity index is 215. The third kappa shape index (κ3) is 2.07. The van der Waals surface area contributed by atoms with Crippen molar-refractivity contribution in [2.75, 3.05) is 27.3 Å². The summed E-state index contributed by atoms with van der Waals surface area (Å²) in [4.78, 5) is 13.1. The number of aliphatic carboxylic acids is 1. The Labute approximate surface area is 84.8 Å². The van der Waals surface area contributed by atoms with E-state index in [1.54, 1.807) is 7.11 Å². The molecule has 0 radical (unpaired) electrons. The van der Waals surface area contributed by atoms with E-state index in [1.807, 2.05) is 18.9 Å². The molecule has 1 fully saturated rings. The van der Waals surface area contributed by atoms with Crippen molar-refractivity contribution in [1.82, 2.24) is 4.90 Å². The molecule has 0 aromatic carbocycles. The van der Waals surface area contributed by atoms with Crippen LogP contribution >= 0.6 is 0 Å². The summed E-state index contributed by atoms with van der Waals surface area (Å²) in [6.07, 6.45) is 2.06. The van der Waals surface area contributed by atoms with Crippen LogP contribution in [-0.4, -0.2) is 48.8 Å². The number of ether oxygens (including phenoxy) is 1. The lowest BCUT2D eigenvalue weighted by Crippen LogP contribution is -2.53. The number of carbonyl (C=O) groups is 1. The molecule has 1 aliphatic carbocycles. The molecule has 82 valence electrons. The zero-order valence-electron chi connectivity index (χ0n) is 9.12. The predicted octanol–water partition coefficient (Wildman–Crippen LogP) is 0.818. The number of hydrogen-bond donors (Lipinski definition) is 1. The molecule has 1 saturated carbocycles. The monoisotopic (exact) mass is 201 g/mol. The Morgan fingerprint density at radius 2 is 2.21 bits per heavy atom. The van der Waals surface area contributed by atoms with Crippen LogP contribution in [0.4, 0.5) is 0 Å². The lowest BCUT2D eigenvalue weighted by Gasteiger charge is -2.35. The van der Waals surface area contributed by atoms with Crippen LogP contribution < -0.4 is 0 Å². The van der Waals surface area contributed by atoms with E-state index in [1.165, 1.54) is 0 Å². The molecule has 0 aromatic rings. The molecule has 0 aromatic heterocycles. The first kappa shape index (κ1) is 11.5. The molecule has 1 aliphatic rings. The third-order valence-electron chi connectivity index (χ3n) is 3.23. The van der Waals surface area contributed by atoms with Crippen LogP contribution in [0.5, 0.6) is 0 Å². The maximum Gasteiger partial charge on any atom is 0.324 e. The van der Waals surface area contributed by atoms with Gasteiger partial charge in [0.25, 0.3) is 0 Å². The van der Waals surface area contributed by atoms with Crippen molar-refractivity contribution >= 4 is 5.97 Å². The van der Waals surface area contributed by atoms with E-state index in [0.29, 0.717) is 19.1 Å². The van der Waals surface area contributed by atoms with Gasteiger partial charge in [0, 0.05) is 13.7 Å². The Hall–Kier alpha value is -0.610. The highest BCUT2D eigenvalue weighted by Crippen LogP contribution is 2.42. The van der Waals surface area contributed by atoms with Gasteiger partial charge in [0.1, 0.15) is 5.54 Å². The van der Waals surface area contributed by atoms with Gasteiger partial charge in [-0.3, -0.25) is 9.69 Å². The summed E-state index contributed by atoms with van der Waals surface area (Å²) in [5.74, 6) is -0.416. The molecular weight excluding hydrogens is 182 g/mol. The first-order chi connectivity index (χ1) is 6.53. The van der Waals surface area contributed by atoms with Crippen molar-refractivity contribution in [3.8, 4) is 0 Å². The van der Waals surface area contributed by atoms with Crippen LogP contribution in [0.1, 0.15) is 19.8 Å². The molecular formula is C10H19NO3. The third-order valence-corrected chi connectivity index (χ3v) is 3.23. The number of nitrogens with zero attached hydrogens (tertiary/aromatic N) is 1. The number of carboxylic acid groups (broad SMARTS) is 1. The normalized spacial score (nSPS) is 20.9. The number of methoxy groups -OCH3 is 1. The average Bonchev–Trinajstić information content (AvgIpc) is 2.95. The number of rotatable bonds is 6. The minimum absolute atomic E-state index is 0.307. The van der Waals surface area contributed by atoms with Crippen LogP contribution in [0.25, 0.3) is 0 Å². The summed E-state index contributed by atoms with van der Waals surface area (Å²) in [6, 6.07) is 0. The van der Waals surface area contributed by atoms with Gasteiger partial charge in [0.2, 0.25) is 0 Å². The first-order valence-electron chi connectivity index (χ1n) is 4.97. The smallest absolute Gasteiger partial charge is 0.324 e. The lowest BCUT2D eigenvalue weighted by atomic mass is 9.94. The Morgan fingerprint density at radius 3 is 2.57 bits per heavy atom. The SMILES string of the molecule is COCCN(C)C(C)(C(=O)O)C1CC1. The summed E-state index contributed by atoms with van der Waals surface area (Å²) >= 11 is 0. The fourth-order valence-electron chi connectivity index (χ4n) is 1.76. The van der Waals surface area contributed by atoms with Crippen LogP contribution in [0.15, 0.2) is 0 Å². The van der Waals surface area contributed by atoms with Crippen molar-refractivity contribution in [1.29, 1.82) is 0 Å². The van der Waals surface area contributed by atoms with Gasteiger partial charge in [-0.25, -0.2) is 0 Å². The van der Waals surface area contributed by atoms with Gasteiger partial charge >= 0.3 is 5.97 Å². The molecule has 0 bridgehead atoms. The van der Waals surface area contributed by atoms with Crippen LogP contribution in [0, 0.1) is 5.92 Å². The summed E-state index contributed by atoms with van der Waals surface area (Å²) in [7, 11) is 3.48. The number of carboxylic acids is 1. The van der Waals surface area contributed by atoms with Crippen molar-refractivity contribution in [3.05, 3.63) is 0 Å². The summed E-state index contributed by atoms with van der Waals surface area (Å²) in [5, 5.41) is 9.23. The average molecular weight is 201 g/mol. The minimum atomic E-state index is -0.724. The standard InChI is InChI=1S/C10H19NO3/c1-10(9(12)13,8-4-5-8)11(2)6-7-14-3/h8H,4-7H2,1-3H3,(H,12,13). The highest BCUT2D eigenvalue weighted by Gasteiger charge is 2.50. The predicted molar refractivity (Wildman–Crippen MR) is 53.3 cm³/mol. The highest BCUT2D eigenvalue weighted by molar-refractivity contribution is 5.79. The van der Waals surface area contributed by atoms with E-state index in [2.05, 4.69) is 0 Å². The van der Waals surface area contributed by atoms with Gasteiger partial charge in [-0.2, -0.15) is 0 Å². The van der Waals surface area contributed by atoms with Crippen LogP contribution in [0.2, 0.25) is 0 Å². The number of likely N-dealkylation sites (N-methyl/N-ethyl adjacent to an activating group) is 1. The molecule has 1 rings (SSSR count). The molecule has 1 N–H and O–H groups in total. The zero-order chi connectivity index (χ0) is 10.8. The second-order valence-corrected chi connectivity index (χ2v) is 4.14. The van der Waals surface area contributed by atoms with Crippen molar-refractivity contribution in [2.24, 2.45) is 5.92 Å². The van der Waals surface area contributed by atoms with Gasteiger partial charge < -0.3 is 9.84 Å². The van der Waals surface area contributed by atoms with E-state index < -0.39 is 11.5 Å². The topological polar surface area (TPSA) is 49.8 Å². The van der Waals surface area contributed by atoms with Crippen molar-refractivity contribution in [3.63, 3.8) is 0 Å². The Kier molecular flexibility index (Phi) is 3.50. The quantitative estimate of drug-likeness (QED) is 0.691. The van der Waals surface area contributed by atoms with Gasteiger partial charge in [-0.1, -0.05) is 0 Å². The van der Waals surface area contributed by atoms with Crippen molar-refractivity contribution < 1.29 is 14.6 Å². The van der Waals surface area contributed by atoms with E-state index >= 15 is 0 Å². The first-order valence-corrected chi connectivity index (χ1v) is 4.97. The highest BCUT2D eigenvalue weighted by atomic mass is 16.5. The van der Waals surface area contributed by atoms with Crippen molar-refractivity contribution in [2.45, 2.75) is 25.3 Å². The second-order valence-electron chi connectivity index (χ2n) is 4.14. The van der Waals surface area contributed by atoms with Crippen LogP contribution in [0.3, 0.4) is 0 Å². The molecule has 0 amide bonds. The molecule has 1 atom stereocenters. The molecule has 4 heteroatoms. The Morgan fingerprint density at radius 1 is 1.64 bits per heavy atom. The molecule has 0 saturated heterocycles. The lowest BCUT2D eigenvalue weighted by molar-refractivity contribution is -0.151. The molecule has 1 unspecified atom stereocenters. The molecule has 14 heavy (non-hydrogen) atoms. The summed E-state index contributed by atoms with van der Waals surface area (Å²) < 4.78 is 4.95. The minimum Gasteiger partial charge on any atom is -0.480 e. The van der Waals surface area contributed by atoms with Gasteiger partial charge in [-0.05, 0) is 32.7 Å². The maximum atomic E-state index is 11.2. The summed E-state index contributed by atoms with van der Waals surface area (Å²) in [6.45, 7) is 3.05. The van der Waals surface area contributed by atoms with E-state index in [-0.39, 0.29) is 0 Å². The summed E-state index contributed by atoms with van der Waals surface area (Å²) in [5.41, 5.74) is -0.710. The molecule has 0 aliphatic heterocycles. The van der Waals surface area contributed by atoms with Crippen LogP contribution in [-0.2, 0) is 9.53 Å².